The van der Waals surface area contributed by atoms with Gasteiger partial charge in [-0.2, -0.15) is 0 Å². The highest BCUT2D eigenvalue weighted by atomic mass is 16.3. The summed E-state index contributed by atoms with van der Waals surface area (Å²) in [6, 6.07) is 3.93. The van der Waals surface area contributed by atoms with Crippen molar-refractivity contribution in [2.45, 2.75) is 6.04 Å². The summed E-state index contributed by atoms with van der Waals surface area (Å²) in [5.74, 6) is 0. The fourth-order valence-electron chi connectivity index (χ4n) is 1.51. The monoisotopic (exact) mass is 191 g/mol. The van der Waals surface area contributed by atoms with Crippen LogP contribution in [0.25, 0.3) is 5.65 Å². The zero-order valence-corrected chi connectivity index (χ0v) is 8.01. The lowest BCUT2D eigenvalue weighted by Gasteiger charge is -2.13. The molecule has 0 fully saturated rings. The molecule has 4 heteroatoms. The van der Waals surface area contributed by atoms with Crippen LogP contribution in [0.15, 0.2) is 30.7 Å². The summed E-state index contributed by atoms with van der Waals surface area (Å²) in [7, 11) is 1.83. The van der Waals surface area contributed by atoms with Gasteiger partial charge in [0, 0.05) is 18.6 Å². The Morgan fingerprint density at radius 3 is 3.14 bits per heavy atom. The minimum Gasteiger partial charge on any atom is -0.394 e. The molecule has 1 atom stereocenters. The van der Waals surface area contributed by atoms with Crippen molar-refractivity contribution in [3.05, 3.63) is 36.3 Å². The first-order valence-electron chi connectivity index (χ1n) is 4.56. The van der Waals surface area contributed by atoms with Crippen LogP contribution in [0.5, 0.6) is 0 Å². The maximum Gasteiger partial charge on any atom is 0.136 e. The number of nitrogens with zero attached hydrogens (tertiary/aromatic N) is 2. The van der Waals surface area contributed by atoms with Gasteiger partial charge in [-0.15, -0.1) is 0 Å². The van der Waals surface area contributed by atoms with Crippen LogP contribution in [0.1, 0.15) is 11.6 Å². The van der Waals surface area contributed by atoms with E-state index in [4.69, 9.17) is 5.11 Å². The average molecular weight is 191 g/mol. The van der Waals surface area contributed by atoms with Gasteiger partial charge < -0.3 is 14.8 Å². The minimum absolute atomic E-state index is 0.0169. The Morgan fingerprint density at radius 1 is 1.57 bits per heavy atom. The van der Waals surface area contributed by atoms with Crippen molar-refractivity contribution in [3.8, 4) is 0 Å². The molecule has 0 saturated carbocycles. The van der Waals surface area contributed by atoms with Crippen LogP contribution >= 0.6 is 0 Å². The van der Waals surface area contributed by atoms with Gasteiger partial charge in [-0.1, -0.05) is 0 Å². The van der Waals surface area contributed by atoms with Crippen LogP contribution in [-0.4, -0.2) is 28.1 Å². The zero-order valence-electron chi connectivity index (χ0n) is 8.01. The SMILES string of the molecule is CNC(CO)c1ccn2ccnc2c1. The maximum absolute atomic E-state index is 9.11. The van der Waals surface area contributed by atoms with Crippen LogP contribution < -0.4 is 5.32 Å². The van der Waals surface area contributed by atoms with E-state index in [2.05, 4.69) is 10.3 Å². The lowest BCUT2D eigenvalue weighted by atomic mass is 10.1. The Hall–Kier alpha value is -1.39. The van der Waals surface area contributed by atoms with Crippen LogP contribution in [0.4, 0.5) is 0 Å². The van der Waals surface area contributed by atoms with E-state index >= 15 is 0 Å². The molecule has 2 aromatic heterocycles. The molecule has 0 saturated heterocycles. The van der Waals surface area contributed by atoms with Gasteiger partial charge in [0.25, 0.3) is 0 Å². The largest absolute Gasteiger partial charge is 0.394 e. The number of fused-ring (bicyclic) bond motifs is 1. The Bertz CT molecular complexity index is 420. The van der Waals surface area contributed by atoms with E-state index in [-0.39, 0.29) is 12.6 Å². The zero-order chi connectivity index (χ0) is 9.97. The van der Waals surface area contributed by atoms with E-state index in [0.717, 1.165) is 11.2 Å². The van der Waals surface area contributed by atoms with Gasteiger partial charge in [0.15, 0.2) is 0 Å². The summed E-state index contributed by atoms with van der Waals surface area (Å²) >= 11 is 0. The van der Waals surface area contributed by atoms with E-state index in [0.29, 0.717) is 0 Å². The number of hydrogen-bond acceptors (Lipinski definition) is 3. The average Bonchev–Trinajstić information content (AvgIpc) is 2.66. The van der Waals surface area contributed by atoms with Gasteiger partial charge in [-0.25, -0.2) is 4.98 Å². The summed E-state index contributed by atoms with van der Waals surface area (Å²) < 4.78 is 1.94. The second-order valence-corrected chi connectivity index (χ2v) is 3.18. The fourth-order valence-corrected chi connectivity index (χ4v) is 1.51. The topological polar surface area (TPSA) is 49.6 Å². The van der Waals surface area contributed by atoms with Crippen molar-refractivity contribution >= 4 is 5.65 Å². The molecule has 2 N–H and O–H groups in total. The number of rotatable bonds is 3. The predicted molar refractivity (Wildman–Crippen MR) is 54.1 cm³/mol. The number of nitrogens with one attached hydrogen (secondary N) is 1. The van der Waals surface area contributed by atoms with Crippen molar-refractivity contribution in [1.82, 2.24) is 14.7 Å². The predicted octanol–water partition coefficient (Wildman–Crippen LogP) is 0.587. The highest BCUT2D eigenvalue weighted by Crippen LogP contribution is 2.13. The Labute approximate surface area is 82.2 Å². The first-order chi connectivity index (χ1) is 6.85. The fraction of sp³-hybridized carbons (Fsp3) is 0.300. The van der Waals surface area contributed by atoms with E-state index < -0.39 is 0 Å². The third-order valence-corrected chi connectivity index (χ3v) is 2.36. The van der Waals surface area contributed by atoms with E-state index in [9.17, 15) is 0 Å². The number of aromatic nitrogens is 2. The van der Waals surface area contributed by atoms with Crippen molar-refractivity contribution in [1.29, 1.82) is 0 Å². The number of pyridine rings is 1. The molecule has 2 heterocycles. The summed E-state index contributed by atoms with van der Waals surface area (Å²) in [4.78, 5) is 4.18. The summed E-state index contributed by atoms with van der Waals surface area (Å²) in [5, 5.41) is 12.2. The van der Waals surface area contributed by atoms with Crippen LogP contribution in [-0.2, 0) is 0 Å². The molecule has 0 spiro atoms. The molecule has 0 amide bonds. The minimum atomic E-state index is -0.0169. The molecule has 2 rings (SSSR count). The number of imidazole rings is 1. The molecule has 1 unspecified atom stereocenters. The molecule has 74 valence electrons. The van der Waals surface area contributed by atoms with Crippen LogP contribution in [0.2, 0.25) is 0 Å². The van der Waals surface area contributed by atoms with Crippen molar-refractivity contribution < 1.29 is 5.11 Å². The first-order valence-corrected chi connectivity index (χ1v) is 4.56. The standard InChI is InChI=1S/C10H13N3O/c1-11-9(7-14)8-2-4-13-5-3-12-10(13)6-8/h2-6,9,11,14H,7H2,1H3. The first kappa shape index (κ1) is 9.18. The highest BCUT2D eigenvalue weighted by Gasteiger charge is 2.07. The van der Waals surface area contributed by atoms with E-state index in [1.165, 1.54) is 0 Å². The molecule has 0 aliphatic carbocycles. The van der Waals surface area contributed by atoms with Gasteiger partial charge >= 0.3 is 0 Å². The van der Waals surface area contributed by atoms with Crippen molar-refractivity contribution in [2.75, 3.05) is 13.7 Å². The molecule has 2 aromatic rings. The molecule has 0 aliphatic rings. The molecule has 0 aliphatic heterocycles. The van der Waals surface area contributed by atoms with Crippen LogP contribution in [0.3, 0.4) is 0 Å². The van der Waals surface area contributed by atoms with E-state index in [1.807, 2.05) is 36.0 Å². The Morgan fingerprint density at radius 2 is 2.43 bits per heavy atom. The Kier molecular flexibility index (Phi) is 2.47. The molecule has 0 radical (unpaired) electrons. The number of likely N-dealkylation sites (N-methyl/N-ethyl adjacent to an activating group) is 1. The molecular formula is C10H13N3O. The van der Waals surface area contributed by atoms with Gasteiger partial charge in [0.1, 0.15) is 5.65 Å². The lowest BCUT2D eigenvalue weighted by Crippen LogP contribution is -2.19. The molecule has 0 bridgehead atoms. The summed E-state index contributed by atoms with van der Waals surface area (Å²) in [5.41, 5.74) is 1.95. The van der Waals surface area contributed by atoms with Gasteiger partial charge in [-0.05, 0) is 24.7 Å². The normalized spacial score (nSPS) is 13.3. The molecular weight excluding hydrogens is 178 g/mol. The van der Waals surface area contributed by atoms with E-state index in [1.54, 1.807) is 6.20 Å². The third kappa shape index (κ3) is 1.49. The molecule has 4 nitrogen and oxygen atoms in total. The second-order valence-electron chi connectivity index (χ2n) is 3.18. The second kappa shape index (κ2) is 3.77. The van der Waals surface area contributed by atoms with Crippen molar-refractivity contribution in [2.24, 2.45) is 0 Å². The lowest BCUT2D eigenvalue weighted by molar-refractivity contribution is 0.251. The third-order valence-electron chi connectivity index (χ3n) is 2.36. The maximum atomic E-state index is 9.11. The van der Waals surface area contributed by atoms with Gasteiger partial charge in [-0.3, -0.25) is 0 Å². The van der Waals surface area contributed by atoms with Gasteiger partial charge in [0.2, 0.25) is 0 Å². The quantitative estimate of drug-likeness (QED) is 0.746. The molecule has 14 heavy (non-hydrogen) atoms. The summed E-state index contributed by atoms with van der Waals surface area (Å²) in [6.45, 7) is 0.0907. The Balaban J connectivity index is 2.42. The highest BCUT2D eigenvalue weighted by molar-refractivity contribution is 5.42. The smallest absolute Gasteiger partial charge is 0.136 e. The van der Waals surface area contributed by atoms with Crippen LogP contribution in [0, 0.1) is 0 Å². The number of hydrogen-bond donors (Lipinski definition) is 2. The number of aliphatic hydroxyl groups excluding tert-OH is 1. The number of aliphatic hydroxyl groups is 1. The molecule has 0 aromatic carbocycles. The van der Waals surface area contributed by atoms with Crippen molar-refractivity contribution in [3.63, 3.8) is 0 Å². The van der Waals surface area contributed by atoms with Gasteiger partial charge in [0.05, 0.1) is 12.6 Å². The summed E-state index contributed by atoms with van der Waals surface area (Å²) in [6.07, 6.45) is 5.59.